The maximum Gasteiger partial charge on any atom is 0.247 e. The lowest BCUT2D eigenvalue weighted by Crippen LogP contribution is -2.45. The number of ether oxygens (including phenoxy) is 1. The van der Waals surface area contributed by atoms with Crippen molar-refractivity contribution in [3.05, 3.63) is 53.1 Å². The fourth-order valence-corrected chi connectivity index (χ4v) is 6.11. The Labute approximate surface area is 185 Å². The van der Waals surface area contributed by atoms with Crippen molar-refractivity contribution in [1.82, 2.24) is 4.31 Å². The lowest BCUT2D eigenvalue weighted by atomic mass is 9.95. The monoisotopic (exact) mass is 444 g/mol. The van der Waals surface area contributed by atoms with Gasteiger partial charge >= 0.3 is 0 Å². The fraction of sp³-hybridized carbons (Fsp3) is 0.458. The summed E-state index contributed by atoms with van der Waals surface area (Å²) >= 11 is 0. The molecule has 6 nitrogen and oxygen atoms in total. The van der Waals surface area contributed by atoms with E-state index in [1.54, 1.807) is 12.1 Å². The minimum absolute atomic E-state index is 0.112. The van der Waals surface area contributed by atoms with Crippen molar-refractivity contribution in [2.75, 3.05) is 19.0 Å². The van der Waals surface area contributed by atoms with Gasteiger partial charge in [-0.15, -0.1) is 0 Å². The highest BCUT2D eigenvalue weighted by atomic mass is 32.2. The van der Waals surface area contributed by atoms with E-state index in [0.29, 0.717) is 5.75 Å². The summed E-state index contributed by atoms with van der Waals surface area (Å²) < 4.78 is 34.2. The summed E-state index contributed by atoms with van der Waals surface area (Å²) in [6.07, 6.45) is 4.52. The van der Waals surface area contributed by atoms with Crippen molar-refractivity contribution in [2.24, 2.45) is 0 Å². The van der Waals surface area contributed by atoms with Crippen LogP contribution in [0.5, 0.6) is 5.75 Å². The van der Waals surface area contributed by atoms with Gasteiger partial charge in [-0.25, -0.2) is 8.42 Å². The normalized spacial score (nSPS) is 15.1. The van der Waals surface area contributed by atoms with E-state index < -0.39 is 10.0 Å². The second-order valence-corrected chi connectivity index (χ2v) is 10.2. The number of nitrogens with zero attached hydrogens (tertiary/aromatic N) is 1. The highest BCUT2D eigenvalue weighted by Gasteiger charge is 2.36. The third kappa shape index (κ3) is 5.28. The Kier molecular flexibility index (Phi) is 7.38. The molecule has 1 fully saturated rings. The highest BCUT2D eigenvalue weighted by molar-refractivity contribution is 7.89. The zero-order valence-corrected chi connectivity index (χ0v) is 19.6. The van der Waals surface area contributed by atoms with E-state index >= 15 is 0 Å². The van der Waals surface area contributed by atoms with E-state index in [4.69, 9.17) is 4.74 Å². The third-order valence-electron chi connectivity index (χ3n) is 5.93. The number of para-hydroxylation sites is 1. The number of sulfonamides is 1. The first-order valence-electron chi connectivity index (χ1n) is 10.8. The maximum absolute atomic E-state index is 13.8. The predicted octanol–water partition coefficient (Wildman–Crippen LogP) is 4.58. The maximum atomic E-state index is 13.8. The van der Waals surface area contributed by atoms with Gasteiger partial charge in [0.25, 0.3) is 0 Å². The lowest BCUT2D eigenvalue weighted by Gasteiger charge is -2.33. The number of methoxy groups -OCH3 is 1. The van der Waals surface area contributed by atoms with Crippen molar-refractivity contribution < 1.29 is 17.9 Å². The smallest absolute Gasteiger partial charge is 0.247 e. The fourth-order valence-electron chi connectivity index (χ4n) is 4.22. The SMILES string of the molecule is COc1ccc(C)cc1S(=O)(=O)N(CC(=O)Nc1c(C)cccc1C)C1CCCCC1. The van der Waals surface area contributed by atoms with Crippen molar-refractivity contribution in [3.63, 3.8) is 0 Å². The number of aryl methyl sites for hydroxylation is 3. The molecule has 0 spiro atoms. The van der Waals surface area contributed by atoms with Gasteiger partial charge in [-0.1, -0.05) is 43.5 Å². The molecule has 3 rings (SSSR count). The molecule has 0 aliphatic heterocycles. The number of nitrogens with one attached hydrogen (secondary N) is 1. The number of hydrogen-bond acceptors (Lipinski definition) is 4. The molecule has 2 aromatic carbocycles. The molecule has 0 unspecified atom stereocenters. The molecule has 1 amide bonds. The van der Waals surface area contributed by atoms with Gasteiger partial charge in [0.1, 0.15) is 10.6 Å². The summed E-state index contributed by atoms with van der Waals surface area (Å²) in [5.41, 5.74) is 3.45. The van der Waals surface area contributed by atoms with Crippen LogP contribution in [-0.2, 0) is 14.8 Å². The average molecular weight is 445 g/mol. The van der Waals surface area contributed by atoms with Gasteiger partial charge in [0.15, 0.2) is 0 Å². The standard InChI is InChI=1S/C24H32N2O4S/c1-17-13-14-21(30-4)22(15-17)31(28,29)26(20-11-6-5-7-12-20)16-23(27)25-24-18(2)9-8-10-19(24)3/h8-10,13-15,20H,5-7,11-12,16H2,1-4H3,(H,25,27). The zero-order valence-electron chi connectivity index (χ0n) is 18.8. The molecule has 1 N–H and O–H groups in total. The molecule has 1 aliphatic carbocycles. The van der Waals surface area contributed by atoms with Crippen LogP contribution in [0.4, 0.5) is 5.69 Å². The molecule has 0 atom stereocenters. The van der Waals surface area contributed by atoms with Crippen molar-refractivity contribution in [3.8, 4) is 5.75 Å². The number of amides is 1. The Morgan fingerprint density at radius 1 is 1.06 bits per heavy atom. The van der Waals surface area contributed by atoms with Gasteiger partial charge in [-0.2, -0.15) is 4.31 Å². The molecule has 0 heterocycles. The predicted molar refractivity (Wildman–Crippen MR) is 123 cm³/mol. The molecule has 1 saturated carbocycles. The Morgan fingerprint density at radius 3 is 2.32 bits per heavy atom. The quantitative estimate of drug-likeness (QED) is 0.678. The first kappa shape index (κ1) is 23.3. The van der Waals surface area contributed by atoms with Crippen LogP contribution in [-0.4, -0.2) is 38.3 Å². The van der Waals surface area contributed by atoms with Crippen LogP contribution < -0.4 is 10.1 Å². The number of carbonyl (C=O) groups excluding carboxylic acids is 1. The van der Waals surface area contributed by atoms with Gasteiger partial charge in [-0.3, -0.25) is 4.79 Å². The lowest BCUT2D eigenvalue weighted by molar-refractivity contribution is -0.116. The van der Waals surface area contributed by atoms with Crippen molar-refractivity contribution in [2.45, 2.75) is 63.8 Å². The molecule has 0 bridgehead atoms. The van der Waals surface area contributed by atoms with E-state index in [1.807, 2.05) is 45.0 Å². The number of hydrogen-bond donors (Lipinski definition) is 1. The molecule has 0 radical (unpaired) electrons. The van der Waals surface area contributed by atoms with Gasteiger partial charge in [-0.05, 0) is 62.4 Å². The van der Waals surface area contributed by atoms with Gasteiger partial charge < -0.3 is 10.1 Å². The third-order valence-corrected chi connectivity index (χ3v) is 7.85. The average Bonchev–Trinajstić information content (AvgIpc) is 2.75. The van der Waals surface area contributed by atoms with E-state index in [0.717, 1.165) is 54.5 Å². The van der Waals surface area contributed by atoms with Crippen LogP contribution in [0.25, 0.3) is 0 Å². The van der Waals surface area contributed by atoms with E-state index in [-0.39, 0.29) is 23.4 Å². The molecular weight excluding hydrogens is 412 g/mol. The van der Waals surface area contributed by atoms with Crippen LogP contribution in [0.1, 0.15) is 48.8 Å². The topological polar surface area (TPSA) is 75.7 Å². The summed E-state index contributed by atoms with van der Waals surface area (Å²) in [7, 11) is -2.47. The summed E-state index contributed by atoms with van der Waals surface area (Å²) in [5.74, 6) is -0.0419. The van der Waals surface area contributed by atoms with Crippen LogP contribution in [0.2, 0.25) is 0 Å². The van der Waals surface area contributed by atoms with Gasteiger partial charge in [0, 0.05) is 11.7 Å². The second-order valence-electron chi connectivity index (χ2n) is 8.31. The molecule has 0 saturated heterocycles. The summed E-state index contributed by atoms with van der Waals surface area (Å²) in [6, 6.07) is 10.7. The first-order chi connectivity index (χ1) is 14.7. The number of benzene rings is 2. The van der Waals surface area contributed by atoms with Crippen LogP contribution in [0, 0.1) is 20.8 Å². The summed E-state index contributed by atoms with van der Waals surface area (Å²) in [5, 5.41) is 2.94. The van der Waals surface area contributed by atoms with Gasteiger partial charge in [0.05, 0.1) is 13.7 Å². The van der Waals surface area contributed by atoms with Crippen LogP contribution in [0.15, 0.2) is 41.3 Å². The van der Waals surface area contributed by atoms with Crippen molar-refractivity contribution >= 4 is 21.6 Å². The highest BCUT2D eigenvalue weighted by Crippen LogP contribution is 2.32. The van der Waals surface area contributed by atoms with Crippen molar-refractivity contribution in [1.29, 1.82) is 0 Å². The zero-order chi connectivity index (χ0) is 22.6. The number of rotatable bonds is 7. The Morgan fingerprint density at radius 2 is 1.71 bits per heavy atom. The van der Waals surface area contributed by atoms with Crippen LogP contribution >= 0.6 is 0 Å². The minimum atomic E-state index is -3.93. The Bertz CT molecular complexity index is 1020. The van der Waals surface area contributed by atoms with E-state index in [2.05, 4.69) is 5.32 Å². The first-order valence-corrected chi connectivity index (χ1v) is 12.2. The molecular formula is C24H32N2O4S. The summed E-state index contributed by atoms with van der Waals surface area (Å²) in [6.45, 7) is 5.47. The number of carbonyl (C=O) groups is 1. The number of anilines is 1. The van der Waals surface area contributed by atoms with Crippen LogP contribution in [0.3, 0.4) is 0 Å². The molecule has 7 heteroatoms. The molecule has 1 aliphatic rings. The molecule has 0 aromatic heterocycles. The molecule has 31 heavy (non-hydrogen) atoms. The van der Waals surface area contributed by atoms with E-state index in [9.17, 15) is 13.2 Å². The van der Waals surface area contributed by atoms with Gasteiger partial charge in [0.2, 0.25) is 15.9 Å². The second kappa shape index (κ2) is 9.83. The molecule has 2 aromatic rings. The van der Waals surface area contributed by atoms with E-state index in [1.165, 1.54) is 11.4 Å². The summed E-state index contributed by atoms with van der Waals surface area (Å²) in [4.78, 5) is 13.1. The Balaban J connectivity index is 1.95. The molecule has 168 valence electrons. The largest absolute Gasteiger partial charge is 0.495 e. The Hall–Kier alpha value is -2.38. The minimum Gasteiger partial charge on any atom is -0.495 e.